The van der Waals surface area contributed by atoms with Crippen LogP contribution < -0.4 is 16.0 Å². The van der Waals surface area contributed by atoms with Crippen molar-refractivity contribution < 1.29 is 33.4 Å². The molecule has 1 saturated heterocycles. The van der Waals surface area contributed by atoms with Gasteiger partial charge in [-0.15, -0.1) is 0 Å². The third-order valence-electron chi connectivity index (χ3n) is 9.58. The van der Waals surface area contributed by atoms with E-state index in [-0.39, 0.29) is 49.9 Å². The minimum Gasteiger partial charge on any atom is -0.453 e. The SMILES string of the molecule is CCCN(Cc1ncc(-c2ccc(C#Cc3ccc(-c4c[nH]c([C@@H]5CN(C(=O)NC)CCN5C(=O)CNC(=O)OC)n4)cc3)cc2)[nH]1)C(=O)[C@@H](NC(=O)OC)C(C)C. The largest absolute Gasteiger partial charge is 0.453 e. The lowest BCUT2D eigenvalue weighted by Gasteiger charge is -2.40. The molecule has 0 unspecified atom stereocenters. The van der Waals surface area contributed by atoms with Gasteiger partial charge in [0.2, 0.25) is 11.8 Å². The number of benzene rings is 2. The molecule has 2 aromatic heterocycles. The zero-order valence-electron chi connectivity index (χ0n) is 33.5. The molecule has 2 atom stereocenters. The maximum Gasteiger partial charge on any atom is 0.407 e. The van der Waals surface area contributed by atoms with Crippen molar-refractivity contribution in [1.82, 2.24) is 50.6 Å². The number of nitrogens with one attached hydrogen (secondary N) is 5. The number of rotatable bonds is 12. The molecule has 4 aromatic rings. The summed E-state index contributed by atoms with van der Waals surface area (Å²) in [6, 6.07) is 13.8. The second-order valence-electron chi connectivity index (χ2n) is 13.9. The zero-order valence-corrected chi connectivity index (χ0v) is 33.5. The van der Waals surface area contributed by atoms with Crippen molar-refractivity contribution in [2.24, 2.45) is 5.92 Å². The minimum atomic E-state index is -0.724. The number of methoxy groups -OCH3 is 2. The predicted octanol–water partition coefficient (Wildman–Crippen LogP) is 3.87. The molecule has 5 rings (SSSR count). The summed E-state index contributed by atoms with van der Waals surface area (Å²) in [5.41, 5.74) is 4.82. The Labute approximate surface area is 337 Å². The zero-order chi connectivity index (χ0) is 41.8. The van der Waals surface area contributed by atoms with E-state index in [0.29, 0.717) is 30.4 Å². The molecule has 2 aromatic carbocycles. The van der Waals surface area contributed by atoms with Gasteiger partial charge in [-0.25, -0.2) is 24.4 Å². The van der Waals surface area contributed by atoms with Gasteiger partial charge in [0, 0.05) is 49.6 Å². The average Bonchev–Trinajstić information content (AvgIpc) is 3.94. The van der Waals surface area contributed by atoms with Gasteiger partial charge in [-0.3, -0.25) is 9.59 Å². The van der Waals surface area contributed by atoms with E-state index in [1.165, 1.54) is 14.2 Å². The number of urea groups is 1. The van der Waals surface area contributed by atoms with E-state index in [4.69, 9.17) is 9.72 Å². The smallest absolute Gasteiger partial charge is 0.407 e. The summed E-state index contributed by atoms with van der Waals surface area (Å²) in [4.78, 5) is 83.1. The number of aromatic amines is 2. The quantitative estimate of drug-likeness (QED) is 0.132. The molecular formula is C41H50N10O7. The van der Waals surface area contributed by atoms with E-state index in [2.05, 4.69) is 47.5 Å². The first-order chi connectivity index (χ1) is 27.9. The Balaban J connectivity index is 1.23. The molecule has 1 aliphatic heterocycles. The first-order valence-corrected chi connectivity index (χ1v) is 19.0. The Kier molecular flexibility index (Phi) is 14.5. The van der Waals surface area contributed by atoms with Crippen LogP contribution in [0.3, 0.4) is 0 Å². The predicted molar refractivity (Wildman–Crippen MR) is 215 cm³/mol. The van der Waals surface area contributed by atoms with Gasteiger partial charge in [0.25, 0.3) is 0 Å². The lowest BCUT2D eigenvalue weighted by Crippen LogP contribution is -2.55. The van der Waals surface area contributed by atoms with Gasteiger partial charge in [-0.05, 0) is 42.2 Å². The van der Waals surface area contributed by atoms with Crippen LogP contribution >= 0.6 is 0 Å². The highest BCUT2D eigenvalue weighted by molar-refractivity contribution is 5.86. The van der Waals surface area contributed by atoms with Gasteiger partial charge in [0.15, 0.2) is 0 Å². The van der Waals surface area contributed by atoms with Gasteiger partial charge in [-0.1, -0.05) is 56.9 Å². The number of carbonyl (C=O) groups is 5. The van der Waals surface area contributed by atoms with Crippen molar-refractivity contribution in [2.45, 2.75) is 45.8 Å². The van der Waals surface area contributed by atoms with E-state index in [1.807, 2.05) is 69.3 Å². The number of ether oxygens (including phenoxy) is 2. The lowest BCUT2D eigenvalue weighted by molar-refractivity contribution is -0.135. The molecule has 17 nitrogen and oxygen atoms in total. The van der Waals surface area contributed by atoms with Crippen LogP contribution in [0.2, 0.25) is 0 Å². The Morgan fingerprint density at radius 2 is 1.60 bits per heavy atom. The number of H-pyrrole nitrogens is 2. The van der Waals surface area contributed by atoms with Crippen molar-refractivity contribution in [3.8, 4) is 34.4 Å². The number of piperazine rings is 1. The third-order valence-corrected chi connectivity index (χ3v) is 9.58. The van der Waals surface area contributed by atoms with Crippen molar-refractivity contribution in [3.05, 3.63) is 83.7 Å². The number of nitrogens with zero attached hydrogens (tertiary/aromatic N) is 5. The summed E-state index contributed by atoms with van der Waals surface area (Å²) < 4.78 is 9.31. The normalized spacial score (nSPS) is 14.2. The highest BCUT2D eigenvalue weighted by atomic mass is 16.5. The summed E-state index contributed by atoms with van der Waals surface area (Å²) in [6.07, 6.45) is 2.87. The molecule has 0 aliphatic carbocycles. The average molecular weight is 795 g/mol. The molecule has 1 aliphatic rings. The second-order valence-corrected chi connectivity index (χ2v) is 13.9. The van der Waals surface area contributed by atoms with Crippen LogP contribution in [0.25, 0.3) is 22.5 Å². The summed E-state index contributed by atoms with van der Waals surface area (Å²) >= 11 is 0. The third kappa shape index (κ3) is 10.7. The molecule has 0 bridgehead atoms. The second kappa shape index (κ2) is 19.9. The fraction of sp³-hybridized carbons (Fsp3) is 0.390. The summed E-state index contributed by atoms with van der Waals surface area (Å²) in [6.45, 7) is 7.05. The van der Waals surface area contributed by atoms with Gasteiger partial charge >= 0.3 is 18.2 Å². The standard InChI is InChI=1S/C41H50N10O7/c1-7-18-49(38(53)36(26(2)3)48-41(56)58-6)25-34-43-21-31(46-34)29-14-10-27(11-15-29)8-9-28-12-16-30(17-13-28)32-22-44-37(47-32)33-24-50(39(54)42-4)19-20-51(33)35(52)23-45-40(55)57-5/h10-17,21-22,26,33,36H,7,18-20,23-25H2,1-6H3,(H,42,54)(H,43,46)(H,44,47)(H,45,55)(H,48,56)/t33-,36-/m0/s1. The maximum absolute atomic E-state index is 13.4. The molecule has 17 heteroatoms. The number of imidazole rings is 2. The van der Waals surface area contributed by atoms with E-state index >= 15 is 0 Å². The first kappa shape index (κ1) is 42.3. The van der Waals surface area contributed by atoms with E-state index in [0.717, 1.165) is 34.4 Å². The Hall–Kier alpha value is -6.83. The van der Waals surface area contributed by atoms with Crippen LogP contribution in [0, 0.1) is 17.8 Å². The number of aromatic nitrogens is 4. The summed E-state index contributed by atoms with van der Waals surface area (Å²) in [5, 5.41) is 7.71. The van der Waals surface area contributed by atoms with Crippen LogP contribution in [0.15, 0.2) is 60.9 Å². The minimum absolute atomic E-state index is 0.133. The summed E-state index contributed by atoms with van der Waals surface area (Å²) in [5.74, 6) is 6.88. The molecule has 306 valence electrons. The molecular weight excluding hydrogens is 745 g/mol. The van der Waals surface area contributed by atoms with Gasteiger partial charge in [0.1, 0.15) is 30.3 Å². The Morgan fingerprint density at radius 1 is 0.948 bits per heavy atom. The summed E-state index contributed by atoms with van der Waals surface area (Å²) in [7, 11) is 4.05. The monoisotopic (exact) mass is 794 g/mol. The van der Waals surface area contributed by atoms with E-state index in [1.54, 1.807) is 34.1 Å². The highest BCUT2D eigenvalue weighted by Crippen LogP contribution is 2.27. The van der Waals surface area contributed by atoms with Crippen LogP contribution in [0.5, 0.6) is 0 Å². The van der Waals surface area contributed by atoms with Crippen molar-refractivity contribution in [3.63, 3.8) is 0 Å². The van der Waals surface area contributed by atoms with Crippen molar-refractivity contribution in [2.75, 3.05) is 54.0 Å². The Bertz CT molecular complexity index is 2120. The van der Waals surface area contributed by atoms with Crippen molar-refractivity contribution >= 4 is 30.0 Å². The van der Waals surface area contributed by atoms with Crippen molar-refractivity contribution in [1.29, 1.82) is 0 Å². The number of alkyl carbamates (subject to hydrolysis) is 2. The maximum atomic E-state index is 13.4. The lowest BCUT2D eigenvalue weighted by atomic mass is 10.0. The molecule has 0 spiro atoms. The van der Waals surface area contributed by atoms with E-state index in [9.17, 15) is 24.0 Å². The fourth-order valence-electron chi connectivity index (χ4n) is 6.44. The molecule has 58 heavy (non-hydrogen) atoms. The first-order valence-electron chi connectivity index (χ1n) is 19.0. The van der Waals surface area contributed by atoms with Crippen LogP contribution in [-0.4, -0.2) is 125 Å². The van der Waals surface area contributed by atoms with Crippen LogP contribution in [0.4, 0.5) is 14.4 Å². The molecule has 0 radical (unpaired) electrons. The topological polar surface area (TPSA) is 207 Å². The number of carbonyl (C=O) groups excluding carboxylic acids is 5. The number of hydrogen-bond donors (Lipinski definition) is 5. The van der Waals surface area contributed by atoms with Gasteiger partial charge in [-0.2, -0.15) is 0 Å². The van der Waals surface area contributed by atoms with E-state index < -0.39 is 24.3 Å². The van der Waals surface area contributed by atoms with Crippen LogP contribution in [0.1, 0.15) is 56.0 Å². The van der Waals surface area contributed by atoms with Gasteiger partial charge in [0.05, 0.1) is 44.9 Å². The number of hydrogen-bond acceptors (Lipinski definition) is 9. The molecule has 6 amide bonds. The molecule has 5 N–H and O–H groups in total. The molecule has 0 saturated carbocycles. The Morgan fingerprint density at radius 3 is 2.21 bits per heavy atom. The number of amides is 6. The van der Waals surface area contributed by atoms with Crippen LogP contribution in [-0.2, 0) is 25.6 Å². The van der Waals surface area contributed by atoms with Gasteiger partial charge < -0.3 is 50.1 Å². The highest BCUT2D eigenvalue weighted by Gasteiger charge is 2.35. The fourth-order valence-corrected chi connectivity index (χ4v) is 6.44. The molecule has 1 fully saturated rings. The molecule has 3 heterocycles.